The molecule has 0 aliphatic rings. The van der Waals surface area contributed by atoms with Crippen molar-refractivity contribution in [3.63, 3.8) is 0 Å². The summed E-state index contributed by atoms with van der Waals surface area (Å²) in [6.07, 6.45) is 3.16. The molecule has 0 bridgehead atoms. The lowest BCUT2D eigenvalue weighted by Crippen LogP contribution is -2.19. The number of hydrogen-bond donors (Lipinski definition) is 1. The fourth-order valence-corrected chi connectivity index (χ4v) is 1.73. The maximum Gasteiger partial charge on any atom is 0.333 e. The minimum atomic E-state index is -3.65. The minimum Gasteiger partial charge on any atom is -0.466 e. The Balaban J connectivity index is 5.21. The second kappa shape index (κ2) is 5.67. The van der Waals surface area contributed by atoms with Crippen LogP contribution in [0.2, 0.25) is 0 Å². The Bertz CT molecular complexity index is 392. The van der Waals surface area contributed by atoms with Crippen LogP contribution in [0.25, 0.3) is 0 Å². The van der Waals surface area contributed by atoms with Crippen LogP contribution in [0.3, 0.4) is 0 Å². The van der Waals surface area contributed by atoms with E-state index in [0.29, 0.717) is 5.57 Å². The summed E-state index contributed by atoms with van der Waals surface area (Å²) >= 11 is 0. The van der Waals surface area contributed by atoms with Gasteiger partial charge in [-0.05, 0) is 19.4 Å². The van der Waals surface area contributed by atoms with E-state index in [-0.39, 0.29) is 11.3 Å². The lowest BCUT2D eigenvalue weighted by Gasteiger charge is -2.05. The van der Waals surface area contributed by atoms with Crippen molar-refractivity contribution >= 4 is 16.0 Å². The van der Waals surface area contributed by atoms with Gasteiger partial charge in [-0.2, -0.15) is 0 Å². The molecule has 2 N–H and O–H groups in total. The van der Waals surface area contributed by atoms with Crippen molar-refractivity contribution in [2.24, 2.45) is 5.14 Å². The maximum absolute atomic E-state index is 11.2. The molecular weight excluding hydrogens is 218 g/mol. The zero-order chi connectivity index (χ0) is 12.1. The molecule has 0 aliphatic heterocycles. The van der Waals surface area contributed by atoms with E-state index in [1.54, 1.807) is 13.0 Å². The van der Waals surface area contributed by atoms with Gasteiger partial charge in [0.2, 0.25) is 10.0 Å². The standard InChI is InChI=1S/C9H15NO4S/c1-4-5-8(6-15(10,12)13)7(2)9(11)14-3/h4-5H,6H2,1-3H3,(H2,10,12,13)/b5-4+,8-7+. The Kier molecular flexibility index (Phi) is 5.24. The Morgan fingerprint density at radius 2 is 2.00 bits per heavy atom. The summed E-state index contributed by atoms with van der Waals surface area (Å²) in [5, 5.41) is 4.90. The Hall–Kier alpha value is -1.14. The van der Waals surface area contributed by atoms with E-state index in [0.717, 1.165) is 0 Å². The number of esters is 1. The molecule has 0 fully saturated rings. The lowest BCUT2D eigenvalue weighted by molar-refractivity contribution is -0.136. The van der Waals surface area contributed by atoms with Crippen molar-refractivity contribution in [2.75, 3.05) is 12.9 Å². The Labute approximate surface area is 89.7 Å². The summed E-state index contributed by atoms with van der Waals surface area (Å²) in [5.74, 6) is -0.940. The first kappa shape index (κ1) is 13.9. The highest BCUT2D eigenvalue weighted by Gasteiger charge is 2.13. The van der Waals surface area contributed by atoms with Gasteiger partial charge in [0.25, 0.3) is 0 Å². The van der Waals surface area contributed by atoms with Gasteiger partial charge in [0, 0.05) is 5.57 Å². The quantitative estimate of drug-likeness (QED) is 0.431. The van der Waals surface area contributed by atoms with E-state index in [1.165, 1.54) is 20.1 Å². The number of methoxy groups -OCH3 is 1. The molecule has 0 rings (SSSR count). The Morgan fingerprint density at radius 1 is 1.47 bits per heavy atom. The number of allylic oxidation sites excluding steroid dienone is 2. The monoisotopic (exact) mass is 233 g/mol. The molecule has 0 atom stereocenters. The number of carbonyl (C=O) groups excluding carboxylic acids is 1. The van der Waals surface area contributed by atoms with Crippen molar-refractivity contribution in [3.8, 4) is 0 Å². The van der Waals surface area contributed by atoms with E-state index in [9.17, 15) is 13.2 Å². The molecule has 15 heavy (non-hydrogen) atoms. The summed E-state index contributed by atoms with van der Waals surface area (Å²) in [4.78, 5) is 11.2. The van der Waals surface area contributed by atoms with Gasteiger partial charge < -0.3 is 4.74 Å². The summed E-state index contributed by atoms with van der Waals surface area (Å²) in [7, 11) is -2.42. The first-order valence-corrected chi connectivity index (χ1v) is 5.94. The first-order valence-electron chi connectivity index (χ1n) is 4.23. The molecule has 0 amide bonds. The van der Waals surface area contributed by atoms with Crippen LogP contribution < -0.4 is 5.14 Å². The van der Waals surface area contributed by atoms with E-state index in [2.05, 4.69) is 4.74 Å². The van der Waals surface area contributed by atoms with E-state index in [4.69, 9.17) is 5.14 Å². The molecule has 0 spiro atoms. The molecular formula is C9H15NO4S. The van der Waals surface area contributed by atoms with Crippen molar-refractivity contribution in [2.45, 2.75) is 13.8 Å². The van der Waals surface area contributed by atoms with Crippen LogP contribution in [0, 0.1) is 0 Å². The third-order valence-electron chi connectivity index (χ3n) is 1.70. The molecule has 0 unspecified atom stereocenters. The summed E-state index contributed by atoms with van der Waals surface area (Å²) in [5.41, 5.74) is 0.580. The van der Waals surface area contributed by atoms with Crippen LogP contribution in [0.4, 0.5) is 0 Å². The van der Waals surface area contributed by atoms with Crippen LogP contribution >= 0.6 is 0 Å². The molecule has 0 aromatic carbocycles. The molecule has 0 aromatic rings. The van der Waals surface area contributed by atoms with Crippen LogP contribution in [-0.2, 0) is 19.6 Å². The predicted molar refractivity (Wildman–Crippen MR) is 57.5 cm³/mol. The highest BCUT2D eigenvalue weighted by Crippen LogP contribution is 2.09. The number of sulfonamides is 1. The molecule has 86 valence electrons. The number of rotatable bonds is 4. The van der Waals surface area contributed by atoms with Crippen LogP contribution in [-0.4, -0.2) is 27.2 Å². The summed E-state index contributed by atoms with van der Waals surface area (Å²) < 4.78 is 26.3. The molecule has 0 heterocycles. The highest BCUT2D eigenvalue weighted by molar-refractivity contribution is 7.89. The zero-order valence-electron chi connectivity index (χ0n) is 8.98. The van der Waals surface area contributed by atoms with E-state index in [1.807, 2.05) is 0 Å². The molecule has 0 aromatic heterocycles. The van der Waals surface area contributed by atoms with Gasteiger partial charge in [0.15, 0.2) is 0 Å². The number of nitrogens with two attached hydrogens (primary N) is 1. The van der Waals surface area contributed by atoms with E-state index < -0.39 is 16.0 Å². The van der Waals surface area contributed by atoms with Gasteiger partial charge in [0.1, 0.15) is 0 Å². The number of hydrogen-bond acceptors (Lipinski definition) is 4. The van der Waals surface area contributed by atoms with Gasteiger partial charge in [-0.15, -0.1) is 0 Å². The highest BCUT2D eigenvalue weighted by atomic mass is 32.2. The van der Waals surface area contributed by atoms with Gasteiger partial charge in [0.05, 0.1) is 12.9 Å². The van der Waals surface area contributed by atoms with Crippen molar-refractivity contribution < 1.29 is 17.9 Å². The molecule has 0 saturated carbocycles. The van der Waals surface area contributed by atoms with Crippen molar-refractivity contribution in [3.05, 3.63) is 23.3 Å². The average Bonchev–Trinajstić information content (AvgIpc) is 2.13. The molecule has 0 radical (unpaired) electrons. The lowest BCUT2D eigenvalue weighted by atomic mass is 10.1. The third kappa shape index (κ3) is 5.34. The van der Waals surface area contributed by atoms with Crippen LogP contribution in [0.15, 0.2) is 23.3 Å². The third-order valence-corrected chi connectivity index (χ3v) is 2.41. The topological polar surface area (TPSA) is 86.5 Å². The zero-order valence-corrected chi connectivity index (χ0v) is 9.80. The second-order valence-electron chi connectivity index (χ2n) is 2.95. The average molecular weight is 233 g/mol. The summed E-state index contributed by atoms with van der Waals surface area (Å²) in [6.45, 7) is 3.21. The van der Waals surface area contributed by atoms with E-state index >= 15 is 0 Å². The molecule has 6 heteroatoms. The van der Waals surface area contributed by atoms with Crippen molar-refractivity contribution in [1.82, 2.24) is 0 Å². The van der Waals surface area contributed by atoms with Gasteiger partial charge in [-0.25, -0.2) is 18.4 Å². The number of carbonyl (C=O) groups is 1. The van der Waals surface area contributed by atoms with Gasteiger partial charge >= 0.3 is 5.97 Å². The number of ether oxygens (including phenoxy) is 1. The molecule has 0 aliphatic carbocycles. The summed E-state index contributed by atoms with van der Waals surface area (Å²) in [6, 6.07) is 0. The first-order chi connectivity index (χ1) is 6.81. The smallest absolute Gasteiger partial charge is 0.333 e. The number of primary sulfonamides is 1. The fourth-order valence-electron chi connectivity index (χ4n) is 0.983. The van der Waals surface area contributed by atoms with Gasteiger partial charge in [-0.3, -0.25) is 0 Å². The largest absolute Gasteiger partial charge is 0.466 e. The second-order valence-corrected chi connectivity index (χ2v) is 4.56. The van der Waals surface area contributed by atoms with Crippen LogP contribution in [0.1, 0.15) is 13.8 Å². The minimum absolute atomic E-state index is 0.240. The fraction of sp³-hybridized carbons (Fsp3) is 0.444. The Morgan fingerprint density at radius 3 is 2.33 bits per heavy atom. The van der Waals surface area contributed by atoms with Crippen LogP contribution in [0.5, 0.6) is 0 Å². The van der Waals surface area contributed by atoms with Gasteiger partial charge in [-0.1, -0.05) is 12.2 Å². The molecule has 0 saturated heterocycles. The normalized spacial score (nSPS) is 13.9. The van der Waals surface area contributed by atoms with Crippen molar-refractivity contribution in [1.29, 1.82) is 0 Å². The SMILES string of the molecule is C/C=C/C(CS(N)(=O)=O)=C(/C)C(=O)OC. The maximum atomic E-state index is 11.2. The predicted octanol–water partition coefficient (Wildman–Crippen LogP) is 0.340. The molecule has 5 nitrogen and oxygen atoms in total.